The van der Waals surface area contributed by atoms with E-state index in [1.54, 1.807) is 0 Å². The topological polar surface area (TPSA) is 92.5 Å². The first-order chi connectivity index (χ1) is 9.40. The second-order valence-electron chi connectivity index (χ2n) is 4.73. The molecule has 20 heavy (non-hydrogen) atoms. The molecule has 0 aliphatic heterocycles. The van der Waals surface area contributed by atoms with Gasteiger partial charge in [0.2, 0.25) is 0 Å². The van der Waals surface area contributed by atoms with Crippen molar-refractivity contribution >= 4 is 17.3 Å². The molecule has 6 heteroatoms. The summed E-state index contributed by atoms with van der Waals surface area (Å²) in [5, 5.41) is 23.5. The van der Waals surface area contributed by atoms with Gasteiger partial charge in [0, 0.05) is 11.6 Å². The molecule has 6 nitrogen and oxygen atoms in total. The number of rotatable bonds is 7. The Hall–Kier alpha value is -2.11. The number of hydrogen-bond acceptors (Lipinski definition) is 4. The summed E-state index contributed by atoms with van der Waals surface area (Å²) in [5.74, 6) is -1.17. The zero-order chi connectivity index (χ0) is 15.3. The molecule has 0 spiro atoms. The number of nitrogens with zero attached hydrogens (tertiary/aromatic N) is 1. The Labute approximate surface area is 118 Å². The fourth-order valence-corrected chi connectivity index (χ4v) is 2.28. The first-order valence-electron chi connectivity index (χ1n) is 6.69. The third-order valence-corrected chi connectivity index (χ3v) is 3.89. The molecule has 0 saturated carbocycles. The highest BCUT2D eigenvalue weighted by molar-refractivity contribution is 5.97. The van der Waals surface area contributed by atoms with E-state index in [4.69, 9.17) is 0 Å². The van der Waals surface area contributed by atoms with Gasteiger partial charge in [0.1, 0.15) is 5.69 Å². The normalized spacial score (nSPS) is 11.2. The Morgan fingerprint density at radius 1 is 1.30 bits per heavy atom. The highest BCUT2D eigenvalue weighted by atomic mass is 16.6. The van der Waals surface area contributed by atoms with Crippen molar-refractivity contribution in [2.75, 3.05) is 5.32 Å². The molecule has 1 aromatic carbocycles. The quantitative estimate of drug-likeness (QED) is 0.587. The molecule has 110 valence electrons. The Balaban J connectivity index is 3.40. The molecule has 0 amide bonds. The summed E-state index contributed by atoms with van der Waals surface area (Å²) in [6, 6.07) is 4.09. The van der Waals surface area contributed by atoms with E-state index in [1.807, 2.05) is 20.8 Å². The summed E-state index contributed by atoms with van der Waals surface area (Å²) in [5.41, 5.74) is -0.518. The van der Waals surface area contributed by atoms with Crippen molar-refractivity contribution < 1.29 is 14.8 Å². The van der Waals surface area contributed by atoms with E-state index in [-0.39, 0.29) is 22.5 Å². The van der Waals surface area contributed by atoms with Crippen LogP contribution >= 0.6 is 0 Å². The van der Waals surface area contributed by atoms with Crippen molar-refractivity contribution in [2.24, 2.45) is 0 Å². The standard InChI is InChI=1S/C14H20N2O4/c1-4-14(5-2,6-3)15-12-10(13(17)18)8-7-9-11(12)16(19)20/h7-9,15H,4-6H2,1-3H3,(H,17,18). The second-order valence-corrected chi connectivity index (χ2v) is 4.73. The van der Waals surface area contributed by atoms with Gasteiger partial charge in [-0.3, -0.25) is 10.1 Å². The fourth-order valence-electron chi connectivity index (χ4n) is 2.28. The number of carboxylic acid groups (broad SMARTS) is 1. The van der Waals surface area contributed by atoms with Gasteiger partial charge in [-0.25, -0.2) is 4.79 Å². The van der Waals surface area contributed by atoms with Crippen molar-refractivity contribution in [1.29, 1.82) is 0 Å². The minimum atomic E-state index is -1.17. The summed E-state index contributed by atoms with van der Waals surface area (Å²) in [6.07, 6.45) is 2.27. The lowest BCUT2D eigenvalue weighted by atomic mass is 9.89. The minimum Gasteiger partial charge on any atom is -0.478 e. The largest absolute Gasteiger partial charge is 0.478 e. The number of nitro groups is 1. The number of para-hydroxylation sites is 1. The van der Waals surface area contributed by atoms with Crippen LogP contribution in [-0.4, -0.2) is 21.5 Å². The van der Waals surface area contributed by atoms with Crippen LogP contribution in [0.25, 0.3) is 0 Å². The van der Waals surface area contributed by atoms with Gasteiger partial charge >= 0.3 is 5.97 Å². The number of carbonyl (C=O) groups is 1. The molecule has 0 aromatic heterocycles. The van der Waals surface area contributed by atoms with E-state index in [2.05, 4.69) is 5.32 Å². The molecule has 0 radical (unpaired) electrons. The van der Waals surface area contributed by atoms with E-state index in [0.717, 1.165) is 19.3 Å². The van der Waals surface area contributed by atoms with Crippen molar-refractivity contribution in [1.82, 2.24) is 0 Å². The lowest BCUT2D eigenvalue weighted by Gasteiger charge is -2.33. The number of anilines is 1. The van der Waals surface area contributed by atoms with Crippen molar-refractivity contribution in [3.8, 4) is 0 Å². The molecular formula is C14H20N2O4. The lowest BCUT2D eigenvalue weighted by molar-refractivity contribution is -0.384. The molecule has 0 aliphatic carbocycles. The van der Waals surface area contributed by atoms with Gasteiger partial charge in [-0.15, -0.1) is 0 Å². The van der Waals surface area contributed by atoms with Crippen molar-refractivity contribution in [2.45, 2.75) is 45.6 Å². The van der Waals surface area contributed by atoms with Crippen LogP contribution in [0.1, 0.15) is 50.4 Å². The van der Waals surface area contributed by atoms with Crippen LogP contribution in [0.4, 0.5) is 11.4 Å². The highest BCUT2D eigenvalue weighted by Crippen LogP contribution is 2.34. The Bertz CT molecular complexity index is 469. The molecule has 1 aromatic rings. The minimum absolute atomic E-state index is 0.0704. The van der Waals surface area contributed by atoms with Gasteiger partial charge in [-0.05, 0) is 25.3 Å². The van der Waals surface area contributed by atoms with E-state index in [1.165, 1.54) is 18.2 Å². The van der Waals surface area contributed by atoms with Crippen LogP contribution in [0.3, 0.4) is 0 Å². The fraction of sp³-hybridized carbons (Fsp3) is 0.500. The molecule has 0 heterocycles. The van der Waals surface area contributed by atoms with Crippen LogP contribution in [0.15, 0.2) is 18.2 Å². The van der Waals surface area contributed by atoms with Gasteiger partial charge in [0.15, 0.2) is 0 Å². The number of hydrogen-bond donors (Lipinski definition) is 2. The average Bonchev–Trinajstić information content (AvgIpc) is 2.44. The maximum atomic E-state index is 11.3. The van der Waals surface area contributed by atoms with Gasteiger partial charge in [-0.2, -0.15) is 0 Å². The van der Waals surface area contributed by atoms with Gasteiger partial charge in [-0.1, -0.05) is 26.8 Å². The predicted octanol–water partition coefficient (Wildman–Crippen LogP) is 3.67. The monoisotopic (exact) mass is 280 g/mol. The number of carboxylic acids is 1. The molecule has 2 N–H and O–H groups in total. The number of nitrogens with one attached hydrogen (secondary N) is 1. The lowest BCUT2D eigenvalue weighted by Crippen LogP contribution is -2.37. The Morgan fingerprint density at radius 2 is 1.85 bits per heavy atom. The van der Waals surface area contributed by atoms with Gasteiger partial charge in [0.05, 0.1) is 10.5 Å². The summed E-state index contributed by atoms with van der Waals surface area (Å²) < 4.78 is 0. The molecule has 1 rings (SSSR count). The molecule has 0 bridgehead atoms. The molecule has 0 unspecified atom stereocenters. The van der Waals surface area contributed by atoms with Crippen molar-refractivity contribution in [3.63, 3.8) is 0 Å². The molecular weight excluding hydrogens is 260 g/mol. The average molecular weight is 280 g/mol. The van der Waals surface area contributed by atoms with Gasteiger partial charge < -0.3 is 10.4 Å². The smallest absolute Gasteiger partial charge is 0.338 e. The van der Waals surface area contributed by atoms with E-state index in [9.17, 15) is 20.0 Å². The van der Waals surface area contributed by atoms with E-state index in [0.29, 0.717) is 0 Å². The summed E-state index contributed by atoms with van der Waals surface area (Å²) in [7, 11) is 0. The number of benzene rings is 1. The van der Waals surface area contributed by atoms with Crippen molar-refractivity contribution in [3.05, 3.63) is 33.9 Å². The van der Waals surface area contributed by atoms with E-state index < -0.39 is 10.9 Å². The highest BCUT2D eigenvalue weighted by Gasteiger charge is 2.30. The molecule has 0 fully saturated rings. The maximum absolute atomic E-state index is 11.3. The SMILES string of the molecule is CCC(CC)(CC)Nc1c(C(=O)O)cccc1[N+](=O)[O-]. The molecule has 0 aliphatic rings. The second kappa shape index (κ2) is 6.36. The molecule has 0 saturated heterocycles. The summed E-state index contributed by atoms with van der Waals surface area (Å²) in [4.78, 5) is 21.8. The summed E-state index contributed by atoms with van der Waals surface area (Å²) in [6.45, 7) is 5.94. The molecule has 0 atom stereocenters. The number of aromatic carboxylic acids is 1. The van der Waals surface area contributed by atoms with Gasteiger partial charge in [0.25, 0.3) is 5.69 Å². The zero-order valence-corrected chi connectivity index (χ0v) is 12.0. The zero-order valence-electron chi connectivity index (χ0n) is 12.0. The third-order valence-electron chi connectivity index (χ3n) is 3.89. The third kappa shape index (κ3) is 3.07. The van der Waals surface area contributed by atoms with Crippen LogP contribution in [0.2, 0.25) is 0 Å². The van der Waals surface area contributed by atoms with Crippen LogP contribution in [0, 0.1) is 10.1 Å². The van der Waals surface area contributed by atoms with Crippen LogP contribution < -0.4 is 5.32 Å². The predicted molar refractivity (Wildman–Crippen MR) is 77.3 cm³/mol. The first kappa shape index (κ1) is 15.9. The number of nitro benzene ring substituents is 1. The maximum Gasteiger partial charge on any atom is 0.338 e. The Kier molecular flexibility index (Phi) is 5.07. The first-order valence-corrected chi connectivity index (χ1v) is 6.69. The summed E-state index contributed by atoms with van der Waals surface area (Å²) >= 11 is 0. The van der Waals surface area contributed by atoms with E-state index >= 15 is 0 Å². The van der Waals surface area contributed by atoms with Crippen LogP contribution in [-0.2, 0) is 0 Å². The van der Waals surface area contributed by atoms with Crippen LogP contribution in [0.5, 0.6) is 0 Å². The Morgan fingerprint density at radius 3 is 2.25 bits per heavy atom.